The first-order valence-corrected chi connectivity index (χ1v) is 10.1. The Hall–Kier alpha value is -1.09. The first-order valence-electron chi connectivity index (χ1n) is 8.62. The molecular weight excluding hydrogens is 350 g/mol. The summed E-state index contributed by atoms with van der Waals surface area (Å²) < 4.78 is 59.9. The van der Waals surface area contributed by atoms with E-state index in [9.17, 15) is 17.2 Å². The monoisotopic (exact) mass is 374 g/mol. The number of morpholine rings is 1. The maximum Gasteiger partial charge on any atom is 0.246 e. The molecule has 2 aliphatic rings. The van der Waals surface area contributed by atoms with Gasteiger partial charge in [0.15, 0.2) is 0 Å². The topological polar surface area (TPSA) is 49.9 Å². The fraction of sp³-hybridized carbons (Fsp3) is 0.647. The van der Waals surface area contributed by atoms with Gasteiger partial charge >= 0.3 is 0 Å². The van der Waals surface area contributed by atoms with Crippen LogP contribution in [0, 0.1) is 11.6 Å². The van der Waals surface area contributed by atoms with Gasteiger partial charge in [-0.05, 0) is 38.8 Å². The Morgan fingerprint density at radius 3 is 2.52 bits per heavy atom. The number of ether oxygens (including phenoxy) is 1. The Balaban J connectivity index is 1.78. The molecule has 1 aromatic rings. The Morgan fingerprint density at radius 1 is 1.20 bits per heavy atom. The molecule has 140 valence electrons. The minimum absolute atomic E-state index is 0.102. The molecule has 0 aliphatic carbocycles. The Morgan fingerprint density at radius 2 is 1.88 bits per heavy atom. The highest BCUT2D eigenvalue weighted by Crippen LogP contribution is 2.29. The van der Waals surface area contributed by atoms with Crippen molar-refractivity contribution in [3.8, 4) is 0 Å². The average Bonchev–Trinajstić information content (AvgIpc) is 2.94. The molecule has 2 fully saturated rings. The molecule has 2 aliphatic heterocycles. The molecule has 0 bridgehead atoms. The number of hydrogen-bond acceptors (Lipinski definition) is 4. The number of sulfonamides is 1. The second-order valence-electron chi connectivity index (χ2n) is 6.96. The third-order valence-electron chi connectivity index (χ3n) is 4.77. The van der Waals surface area contributed by atoms with Crippen LogP contribution in [0.25, 0.3) is 0 Å². The fourth-order valence-corrected chi connectivity index (χ4v) is 5.58. The molecule has 25 heavy (non-hydrogen) atoms. The summed E-state index contributed by atoms with van der Waals surface area (Å²) in [5.74, 6) is -1.83. The molecule has 2 heterocycles. The summed E-state index contributed by atoms with van der Waals surface area (Å²) in [6.45, 7) is 6.46. The van der Waals surface area contributed by atoms with E-state index in [0.29, 0.717) is 19.2 Å². The van der Waals surface area contributed by atoms with Gasteiger partial charge in [0.25, 0.3) is 0 Å². The molecular formula is C17H24F2N2O3S. The van der Waals surface area contributed by atoms with Gasteiger partial charge in [-0.1, -0.05) is 0 Å². The normalized spacial score (nSPS) is 29.2. The van der Waals surface area contributed by atoms with Crippen molar-refractivity contribution >= 4 is 10.0 Å². The van der Waals surface area contributed by atoms with Crippen LogP contribution in [-0.2, 0) is 14.8 Å². The fourth-order valence-electron chi connectivity index (χ4n) is 3.85. The van der Waals surface area contributed by atoms with E-state index >= 15 is 0 Å². The predicted octanol–water partition coefficient (Wildman–Crippen LogP) is 2.23. The highest BCUT2D eigenvalue weighted by atomic mass is 32.2. The lowest BCUT2D eigenvalue weighted by Gasteiger charge is -2.38. The van der Waals surface area contributed by atoms with Crippen molar-refractivity contribution in [2.75, 3.05) is 26.2 Å². The number of halogens is 2. The molecule has 0 radical (unpaired) electrons. The van der Waals surface area contributed by atoms with Crippen LogP contribution in [0.4, 0.5) is 8.78 Å². The van der Waals surface area contributed by atoms with Crippen molar-refractivity contribution in [3.05, 3.63) is 29.8 Å². The first-order chi connectivity index (χ1) is 11.8. The van der Waals surface area contributed by atoms with Crippen LogP contribution in [0.1, 0.15) is 26.7 Å². The summed E-state index contributed by atoms with van der Waals surface area (Å²) >= 11 is 0. The van der Waals surface area contributed by atoms with Crippen LogP contribution < -0.4 is 0 Å². The summed E-state index contributed by atoms with van der Waals surface area (Å²) in [6, 6.07) is 2.40. The number of nitrogens with zero attached hydrogens (tertiary/aromatic N) is 2. The van der Waals surface area contributed by atoms with Gasteiger partial charge < -0.3 is 4.74 Å². The standard InChI is InChI=1S/C17H24F2N2O3S/c1-12-9-20(10-13(2)24-12)11-15-4-3-7-21(15)25(22,23)17-6-5-14(18)8-16(17)19/h5-6,8,12-13,15H,3-4,7,9-11H2,1-2H3. The third-order valence-corrected chi connectivity index (χ3v) is 6.75. The third kappa shape index (κ3) is 4.02. The molecule has 0 N–H and O–H groups in total. The lowest BCUT2D eigenvalue weighted by Crippen LogP contribution is -2.50. The van der Waals surface area contributed by atoms with E-state index in [1.165, 1.54) is 4.31 Å². The molecule has 1 aromatic carbocycles. The number of rotatable bonds is 4. The second kappa shape index (κ2) is 7.26. The van der Waals surface area contributed by atoms with Crippen molar-refractivity contribution in [3.63, 3.8) is 0 Å². The molecule has 0 spiro atoms. The van der Waals surface area contributed by atoms with Crippen LogP contribution in [0.3, 0.4) is 0 Å². The van der Waals surface area contributed by atoms with Crippen LogP contribution in [0.15, 0.2) is 23.1 Å². The lowest BCUT2D eigenvalue weighted by molar-refractivity contribution is -0.0707. The zero-order chi connectivity index (χ0) is 18.2. The van der Waals surface area contributed by atoms with Crippen LogP contribution >= 0.6 is 0 Å². The van der Waals surface area contributed by atoms with E-state index in [-0.39, 0.29) is 18.2 Å². The summed E-state index contributed by atoms with van der Waals surface area (Å²) in [6.07, 6.45) is 1.68. The minimum atomic E-state index is -3.98. The van der Waals surface area contributed by atoms with Gasteiger partial charge in [-0.3, -0.25) is 4.90 Å². The average molecular weight is 374 g/mol. The van der Waals surface area contributed by atoms with Crippen molar-refractivity contribution < 1.29 is 21.9 Å². The second-order valence-corrected chi connectivity index (χ2v) is 8.82. The molecule has 3 atom stereocenters. The highest BCUT2D eigenvalue weighted by Gasteiger charge is 2.38. The van der Waals surface area contributed by atoms with Gasteiger partial charge in [-0.2, -0.15) is 4.31 Å². The van der Waals surface area contributed by atoms with Crippen molar-refractivity contribution in [2.45, 2.75) is 49.8 Å². The van der Waals surface area contributed by atoms with E-state index in [1.807, 2.05) is 13.8 Å². The summed E-state index contributed by atoms with van der Waals surface area (Å²) in [5, 5.41) is 0. The van der Waals surface area contributed by atoms with Crippen LogP contribution in [0.2, 0.25) is 0 Å². The highest BCUT2D eigenvalue weighted by molar-refractivity contribution is 7.89. The predicted molar refractivity (Wildman–Crippen MR) is 89.7 cm³/mol. The quantitative estimate of drug-likeness (QED) is 0.811. The van der Waals surface area contributed by atoms with E-state index in [4.69, 9.17) is 4.74 Å². The van der Waals surface area contributed by atoms with Gasteiger partial charge in [-0.25, -0.2) is 17.2 Å². The Labute approximate surface area is 147 Å². The molecule has 3 rings (SSSR count). The molecule has 0 saturated carbocycles. The number of benzene rings is 1. The molecule has 0 amide bonds. The molecule has 3 unspecified atom stereocenters. The Kier molecular flexibility index (Phi) is 5.43. The van der Waals surface area contributed by atoms with E-state index in [1.54, 1.807) is 0 Å². The molecule has 2 saturated heterocycles. The Bertz CT molecular complexity index is 719. The van der Waals surface area contributed by atoms with E-state index < -0.39 is 26.6 Å². The largest absolute Gasteiger partial charge is 0.373 e. The van der Waals surface area contributed by atoms with Gasteiger partial charge in [0, 0.05) is 38.3 Å². The van der Waals surface area contributed by atoms with Gasteiger partial charge in [0.1, 0.15) is 16.5 Å². The number of hydrogen-bond donors (Lipinski definition) is 0. The van der Waals surface area contributed by atoms with Gasteiger partial charge in [-0.15, -0.1) is 0 Å². The molecule has 0 aromatic heterocycles. The van der Waals surface area contributed by atoms with Gasteiger partial charge in [0.05, 0.1) is 12.2 Å². The van der Waals surface area contributed by atoms with E-state index in [2.05, 4.69) is 4.90 Å². The first kappa shape index (κ1) is 18.7. The van der Waals surface area contributed by atoms with E-state index in [0.717, 1.165) is 38.1 Å². The zero-order valence-electron chi connectivity index (χ0n) is 14.5. The maximum atomic E-state index is 14.0. The smallest absolute Gasteiger partial charge is 0.246 e. The zero-order valence-corrected chi connectivity index (χ0v) is 15.3. The lowest BCUT2D eigenvalue weighted by atomic mass is 10.1. The summed E-state index contributed by atoms with van der Waals surface area (Å²) in [4.78, 5) is 1.75. The molecule has 8 heteroatoms. The van der Waals surface area contributed by atoms with Gasteiger partial charge in [0.2, 0.25) is 10.0 Å². The SMILES string of the molecule is CC1CN(CC2CCCN2S(=O)(=O)c2ccc(F)cc2F)CC(C)O1. The van der Waals surface area contributed by atoms with Crippen molar-refractivity contribution in [1.29, 1.82) is 0 Å². The molecule has 5 nitrogen and oxygen atoms in total. The van der Waals surface area contributed by atoms with Crippen LogP contribution in [-0.4, -0.2) is 62.1 Å². The minimum Gasteiger partial charge on any atom is -0.373 e. The summed E-state index contributed by atoms with van der Waals surface area (Å²) in [7, 11) is -3.98. The van der Waals surface area contributed by atoms with Crippen molar-refractivity contribution in [2.24, 2.45) is 0 Å². The maximum absolute atomic E-state index is 14.0. The summed E-state index contributed by atoms with van der Waals surface area (Å²) in [5.41, 5.74) is 0. The van der Waals surface area contributed by atoms with Crippen molar-refractivity contribution in [1.82, 2.24) is 9.21 Å². The van der Waals surface area contributed by atoms with Crippen LogP contribution in [0.5, 0.6) is 0 Å².